The zero-order valence-electron chi connectivity index (χ0n) is 18.3. The Balaban J connectivity index is 1.82. The maximum atomic E-state index is 13.0. The molecule has 0 bridgehead atoms. The molecule has 0 unspecified atom stereocenters. The zero-order valence-corrected chi connectivity index (χ0v) is 19.1. The summed E-state index contributed by atoms with van der Waals surface area (Å²) in [7, 11) is -3.76. The van der Waals surface area contributed by atoms with Crippen molar-refractivity contribution in [3.63, 3.8) is 0 Å². The van der Waals surface area contributed by atoms with Crippen LogP contribution in [-0.4, -0.2) is 31.3 Å². The number of nitrogens with zero attached hydrogens (tertiary/aromatic N) is 1. The fourth-order valence-corrected chi connectivity index (χ4v) is 3.96. The number of rotatable bonds is 7. The van der Waals surface area contributed by atoms with E-state index in [1.807, 2.05) is 18.4 Å². The summed E-state index contributed by atoms with van der Waals surface area (Å²) in [5.41, 5.74) is 3.59. The number of hydrogen-bond donors (Lipinski definition) is 3. The number of terminal acetylenes is 1. The van der Waals surface area contributed by atoms with E-state index in [4.69, 9.17) is 11.6 Å². The Labute approximate surface area is 192 Å². The van der Waals surface area contributed by atoms with Gasteiger partial charge in [-0.05, 0) is 49.7 Å². The normalized spacial score (nSPS) is 11.0. The van der Waals surface area contributed by atoms with Crippen molar-refractivity contribution in [1.29, 1.82) is 0 Å². The highest BCUT2D eigenvalue weighted by Gasteiger charge is 2.19. The predicted molar refractivity (Wildman–Crippen MR) is 126 cm³/mol. The molecule has 33 heavy (non-hydrogen) atoms. The van der Waals surface area contributed by atoms with Gasteiger partial charge >= 0.3 is 0 Å². The molecular weight excluding hydrogens is 440 g/mol. The maximum absolute atomic E-state index is 13.0. The largest absolute Gasteiger partial charge is 0.344 e. The van der Waals surface area contributed by atoms with Gasteiger partial charge in [-0.25, -0.2) is 13.6 Å². The molecule has 0 radical (unpaired) electrons. The van der Waals surface area contributed by atoms with Crippen LogP contribution in [0.25, 0.3) is 0 Å². The van der Waals surface area contributed by atoms with E-state index < -0.39 is 10.0 Å². The number of aryl methyl sites for hydroxylation is 1. The first-order valence-corrected chi connectivity index (χ1v) is 11.6. The van der Waals surface area contributed by atoms with E-state index in [1.165, 1.54) is 12.1 Å². The third-order valence-corrected chi connectivity index (χ3v) is 6.11. The van der Waals surface area contributed by atoms with Gasteiger partial charge in [0, 0.05) is 17.9 Å². The number of benzene rings is 2. The molecule has 3 aromatic rings. The minimum Gasteiger partial charge on any atom is -0.344 e. The number of amides is 2. The molecule has 1 aromatic heterocycles. The van der Waals surface area contributed by atoms with Crippen LogP contribution in [0.4, 0.5) is 5.69 Å². The van der Waals surface area contributed by atoms with Gasteiger partial charge in [-0.15, -0.1) is 6.42 Å². The topological polar surface area (TPSA) is 123 Å². The number of sulfonamides is 1. The van der Waals surface area contributed by atoms with Gasteiger partial charge in [0.05, 0.1) is 28.3 Å². The molecule has 0 atom stereocenters. The summed E-state index contributed by atoms with van der Waals surface area (Å²) in [4.78, 5) is 25.4. The molecule has 3 rings (SSSR count). The Morgan fingerprint density at radius 1 is 1.03 bits per heavy atom. The molecule has 0 fully saturated rings. The fraction of sp³-hybridized carbons (Fsp3) is 0.167. The Morgan fingerprint density at radius 3 is 2.33 bits per heavy atom. The Kier molecular flexibility index (Phi) is 7.01. The number of nitrogens with two attached hydrogens (primary N) is 1. The van der Waals surface area contributed by atoms with Crippen molar-refractivity contribution in [2.45, 2.75) is 25.3 Å². The van der Waals surface area contributed by atoms with Crippen LogP contribution in [-0.2, 0) is 16.6 Å². The highest BCUT2D eigenvalue weighted by atomic mass is 32.2. The third kappa shape index (κ3) is 5.49. The lowest BCUT2D eigenvalue weighted by Crippen LogP contribution is -2.25. The van der Waals surface area contributed by atoms with E-state index in [0.29, 0.717) is 23.4 Å². The summed E-state index contributed by atoms with van der Waals surface area (Å²) < 4.78 is 24.9. The summed E-state index contributed by atoms with van der Waals surface area (Å²) in [5.74, 6) is 1.61. The SMILES string of the molecule is C#CCNC(=O)c1ccccc1NC(=O)c1cc(C)n(Cc2ccc(S(N)(=O)=O)cc2)c1C. The number of primary sulfonamides is 1. The van der Waals surface area contributed by atoms with Gasteiger partial charge in [-0.2, -0.15) is 0 Å². The number of aromatic nitrogens is 1. The van der Waals surface area contributed by atoms with Crippen molar-refractivity contribution in [2.75, 3.05) is 11.9 Å². The second kappa shape index (κ2) is 9.73. The van der Waals surface area contributed by atoms with Crippen molar-refractivity contribution in [2.24, 2.45) is 5.14 Å². The van der Waals surface area contributed by atoms with Gasteiger partial charge in [0.25, 0.3) is 11.8 Å². The van der Waals surface area contributed by atoms with Gasteiger partial charge < -0.3 is 15.2 Å². The number of carbonyl (C=O) groups is 2. The molecule has 2 aromatic carbocycles. The Morgan fingerprint density at radius 2 is 1.70 bits per heavy atom. The van der Waals surface area contributed by atoms with Crippen molar-refractivity contribution in [1.82, 2.24) is 9.88 Å². The lowest BCUT2D eigenvalue weighted by molar-refractivity contribution is 0.0959. The lowest BCUT2D eigenvalue weighted by Gasteiger charge is -2.12. The number of anilines is 1. The summed E-state index contributed by atoms with van der Waals surface area (Å²) >= 11 is 0. The molecule has 0 spiro atoms. The van der Waals surface area contributed by atoms with E-state index in [1.54, 1.807) is 42.5 Å². The minimum absolute atomic E-state index is 0.0391. The lowest BCUT2D eigenvalue weighted by atomic mass is 10.1. The number of carbonyl (C=O) groups excluding carboxylic acids is 2. The van der Waals surface area contributed by atoms with E-state index >= 15 is 0 Å². The molecule has 8 nitrogen and oxygen atoms in total. The number of hydrogen-bond acceptors (Lipinski definition) is 4. The molecule has 9 heteroatoms. The molecule has 0 aliphatic heterocycles. The van der Waals surface area contributed by atoms with E-state index in [0.717, 1.165) is 17.0 Å². The standard InChI is InChI=1S/C24H24N4O4S/c1-4-13-26-23(29)20-7-5-6-8-22(20)27-24(30)21-14-16(2)28(17(21)3)15-18-9-11-19(12-10-18)33(25,31)32/h1,5-12,14H,13,15H2,2-3H3,(H,26,29)(H,27,30)(H2,25,31,32). The van der Waals surface area contributed by atoms with Crippen LogP contribution >= 0.6 is 0 Å². The fourth-order valence-electron chi connectivity index (χ4n) is 3.45. The maximum Gasteiger partial charge on any atom is 0.257 e. The summed E-state index contributed by atoms with van der Waals surface area (Å²) in [6.07, 6.45) is 5.20. The molecule has 0 saturated carbocycles. The molecule has 0 aliphatic rings. The monoisotopic (exact) mass is 464 g/mol. The highest BCUT2D eigenvalue weighted by molar-refractivity contribution is 7.89. The van der Waals surface area contributed by atoms with Crippen molar-refractivity contribution >= 4 is 27.5 Å². The first kappa shape index (κ1) is 23.8. The number of nitrogens with one attached hydrogen (secondary N) is 2. The first-order chi connectivity index (χ1) is 15.6. The van der Waals surface area contributed by atoms with Crippen LogP contribution in [0.15, 0.2) is 59.5 Å². The third-order valence-electron chi connectivity index (χ3n) is 5.18. The highest BCUT2D eigenvalue weighted by Crippen LogP contribution is 2.21. The van der Waals surface area contributed by atoms with Crippen LogP contribution in [0, 0.1) is 26.2 Å². The van der Waals surface area contributed by atoms with E-state index in [2.05, 4.69) is 16.6 Å². The number of para-hydroxylation sites is 1. The van der Waals surface area contributed by atoms with Gasteiger partial charge in [0.1, 0.15) is 0 Å². The average Bonchev–Trinajstić information content (AvgIpc) is 3.06. The van der Waals surface area contributed by atoms with Gasteiger partial charge in [-0.1, -0.05) is 30.2 Å². The molecular formula is C24H24N4O4S. The summed E-state index contributed by atoms with van der Waals surface area (Å²) in [6.45, 7) is 4.23. The van der Waals surface area contributed by atoms with Crippen LogP contribution in [0.5, 0.6) is 0 Å². The Hall–Kier alpha value is -3.87. The molecule has 2 amide bonds. The van der Waals surface area contributed by atoms with Crippen LogP contribution in [0.2, 0.25) is 0 Å². The van der Waals surface area contributed by atoms with E-state index in [-0.39, 0.29) is 23.3 Å². The molecule has 4 N–H and O–H groups in total. The van der Waals surface area contributed by atoms with Gasteiger partial charge in [0.15, 0.2) is 0 Å². The van der Waals surface area contributed by atoms with Crippen LogP contribution in [0.1, 0.15) is 37.7 Å². The minimum atomic E-state index is -3.76. The molecule has 0 aliphatic carbocycles. The first-order valence-electron chi connectivity index (χ1n) is 10.0. The summed E-state index contributed by atoms with van der Waals surface area (Å²) in [6, 6.07) is 14.7. The Bertz CT molecular complexity index is 1350. The van der Waals surface area contributed by atoms with Crippen molar-refractivity contribution in [3.8, 4) is 12.3 Å². The quantitative estimate of drug-likeness (QED) is 0.465. The van der Waals surface area contributed by atoms with Gasteiger partial charge in [-0.3, -0.25) is 9.59 Å². The van der Waals surface area contributed by atoms with Crippen molar-refractivity contribution in [3.05, 3.63) is 82.7 Å². The van der Waals surface area contributed by atoms with Crippen molar-refractivity contribution < 1.29 is 18.0 Å². The van der Waals surface area contributed by atoms with Crippen LogP contribution < -0.4 is 15.8 Å². The molecule has 170 valence electrons. The second-order valence-corrected chi connectivity index (χ2v) is 9.01. The van der Waals surface area contributed by atoms with Gasteiger partial charge in [0.2, 0.25) is 10.0 Å². The summed E-state index contributed by atoms with van der Waals surface area (Å²) in [5, 5.41) is 10.5. The molecule has 1 heterocycles. The van der Waals surface area contributed by atoms with Crippen LogP contribution in [0.3, 0.4) is 0 Å². The second-order valence-electron chi connectivity index (χ2n) is 7.45. The zero-order chi connectivity index (χ0) is 24.2. The predicted octanol–water partition coefficient (Wildman–Crippen LogP) is 2.42. The average molecular weight is 465 g/mol. The smallest absolute Gasteiger partial charge is 0.257 e. The van der Waals surface area contributed by atoms with E-state index in [9.17, 15) is 18.0 Å². The molecule has 0 saturated heterocycles.